The Morgan fingerprint density at radius 2 is 1.70 bits per heavy atom. The van der Waals surface area contributed by atoms with E-state index in [4.69, 9.17) is 23.2 Å². The van der Waals surface area contributed by atoms with Gasteiger partial charge in [0, 0.05) is 40.9 Å². The first-order chi connectivity index (χ1) is 17.9. The third-order valence-corrected chi connectivity index (χ3v) is 7.45. The molecular weight excluding hydrogens is 530 g/mol. The van der Waals surface area contributed by atoms with Crippen LogP contribution in [-0.2, 0) is 28.3 Å². The average molecular weight is 562 g/mol. The number of nitrogens with one attached hydrogen (secondary N) is 1. The molecule has 0 heterocycles. The number of halogens is 3. The van der Waals surface area contributed by atoms with Crippen LogP contribution in [-0.4, -0.2) is 35.1 Å². The summed E-state index contributed by atoms with van der Waals surface area (Å²) in [5.41, 5.74) is 2.18. The lowest BCUT2D eigenvalue weighted by atomic mass is 10.0. The Labute approximate surface area is 232 Å². The van der Waals surface area contributed by atoms with Gasteiger partial charge in [-0.25, -0.2) is 4.39 Å². The third kappa shape index (κ3) is 9.06. The second-order valence-corrected chi connectivity index (χ2v) is 10.5. The molecule has 0 aliphatic heterocycles. The molecule has 8 heteroatoms. The molecule has 1 N–H and O–H groups in total. The van der Waals surface area contributed by atoms with Crippen LogP contribution in [0.3, 0.4) is 0 Å². The zero-order valence-electron chi connectivity index (χ0n) is 20.8. The summed E-state index contributed by atoms with van der Waals surface area (Å²) in [5, 5.41) is 3.93. The molecule has 2 amide bonds. The minimum absolute atomic E-state index is 0.0752. The van der Waals surface area contributed by atoms with E-state index >= 15 is 0 Å². The molecule has 37 heavy (non-hydrogen) atoms. The molecule has 0 bridgehead atoms. The van der Waals surface area contributed by atoms with Gasteiger partial charge in [0.05, 0.1) is 5.75 Å². The number of hydrogen-bond acceptors (Lipinski definition) is 3. The molecule has 3 rings (SSSR count). The third-order valence-electron chi connectivity index (χ3n) is 5.90. The van der Waals surface area contributed by atoms with Crippen LogP contribution >= 0.6 is 35.0 Å². The maximum atomic E-state index is 14.2. The molecule has 0 radical (unpaired) electrons. The lowest BCUT2D eigenvalue weighted by Crippen LogP contribution is -2.51. The van der Waals surface area contributed by atoms with Crippen molar-refractivity contribution >= 4 is 46.8 Å². The van der Waals surface area contributed by atoms with Crippen molar-refractivity contribution in [2.75, 3.05) is 12.3 Å². The Balaban J connectivity index is 1.84. The summed E-state index contributed by atoms with van der Waals surface area (Å²) in [6.45, 7) is 2.85. The second-order valence-electron chi connectivity index (χ2n) is 8.69. The first-order valence-corrected chi connectivity index (χ1v) is 14.2. The van der Waals surface area contributed by atoms with Gasteiger partial charge in [0.1, 0.15) is 11.9 Å². The summed E-state index contributed by atoms with van der Waals surface area (Å²) in [6, 6.07) is 20.7. The van der Waals surface area contributed by atoms with Crippen LogP contribution in [0.15, 0.2) is 72.8 Å². The Morgan fingerprint density at radius 1 is 0.973 bits per heavy atom. The summed E-state index contributed by atoms with van der Waals surface area (Å²) in [5.74, 6) is -0.479. The lowest BCUT2D eigenvalue weighted by Gasteiger charge is -2.31. The monoisotopic (exact) mass is 560 g/mol. The van der Waals surface area contributed by atoms with Crippen LogP contribution in [0.2, 0.25) is 10.0 Å². The molecular formula is C29H31Cl2FN2O2S. The number of benzene rings is 3. The van der Waals surface area contributed by atoms with Crippen molar-refractivity contribution in [1.82, 2.24) is 10.2 Å². The largest absolute Gasteiger partial charge is 0.354 e. The number of carbonyl (C=O) groups is 2. The van der Waals surface area contributed by atoms with E-state index in [0.717, 1.165) is 24.0 Å². The fourth-order valence-electron chi connectivity index (χ4n) is 3.84. The molecule has 0 aliphatic rings. The van der Waals surface area contributed by atoms with Crippen molar-refractivity contribution < 1.29 is 14.0 Å². The van der Waals surface area contributed by atoms with Crippen LogP contribution < -0.4 is 5.32 Å². The second kappa shape index (κ2) is 15.0. The van der Waals surface area contributed by atoms with Crippen LogP contribution in [0.5, 0.6) is 0 Å². The number of amides is 2. The molecule has 0 spiro atoms. The molecule has 0 saturated heterocycles. The summed E-state index contributed by atoms with van der Waals surface area (Å²) in [7, 11) is 0. The highest BCUT2D eigenvalue weighted by Crippen LogP contribution is 2.25. The fourth-order valence-corrected chi connectivity index (χ4v) is 5.22. The zero-order chi connectivity index (χ0) is 26.6. The number of hydrogen-bond donors (Lipinski definition) is 1. The van der Waals surface area contributed by atoms with E-state index < -0.39 is 11.9 Å². The fraction of sp³-hybridized carbons (Fsp3) is 0.310. The van der Waals surface area contributed by atoms with Crippen LogP contribution in [0.1, 0.15) is 36.5 Å². The molecule has 0 saturated carbocycles. The zero-order valence-corrected chi connectivity index (χ0v) is 23.1. The Hall–Kier alpha value is -2.54. The Morgan fingerprint density at radius 3 is 2.38 bits per heavy atom. The smallest absolute Gasteiger partial charge is 0.243 e. The number of nitrogens with zero attached hydrogens (tertiary/aromatic N) is 1. The van der Waals surface area contributed by atoms with E-state index in [-0.39, 0.29) is 29.9 Å². The topological polar surface area (TPSA) is 49.4 Å². The van der Waals surface area contributed by atoms with Gasteiger partial charge < -0.3 is 10.2 Å². The number of thioether (sulfide) groups is 1. The Bertz CT molecular complexity index is 1140. The van der Waals surface area contributed by atoms with E-state index in [9.17, 15) is 14.0 Å². The normalized spacial score (nSPS) is 11.7. The molecule has 0 aromatic heterocycles. The highest BCUT2D eigenvalue weighted by molar-refractivity contribution is 7.99. The van der Waals surface area contributed by atoms with Crippen LogP contribution in [0, 0.1) is 5.82 Å². The lowest BCUT2D eigenvalue weighted by molar-refractivity contribution is -0.139. The quantitative estimate of drug-likeness (QED) is 0.231. The van der Waals surface area contributed by atoms with E-state index in [1.54, 1.807) is 29.2 Å². The number of rotatable bonds is 13. The summed E-state index contributed by atoms with van der Waals surface area (Å²) >= 11 is 13.5. The molecule has 1 atom stereocenters. The molecule has 3 aromatic carbocycles. The van der Waals surface area contributed by atoms with Gasteiger partial charge in [-0.3, -0.25) is 9.59 Å². The molecule has 0 fully saturated rings. The highest BCUT2D eigenvalue weighted by Gasteiger charge is 2.30. The van der Waals surface area contributed by atoms with Gasteiger partial charge in [0.2, 0.25) is 11.8 Å². The minimum Gasteiger partial charge on any atom is -0.354 e. The predicted molar refractivity (Wildman–Crippen MR) is 151 cm³/mol. The first kappa shape index (κ1) is 29.0. The van der Waals surface area contributed by atoms with Gasteiger partial charge in [-0.2, -0.15) is 0 Å². The van der Waals surface area contributed by atoms with Crippen molar-refractivity contribution in [3.05, 3.63) is 105 Å². The van der Waals surface area contributed by atoms with Crippen LogP contribution in [0.4, 0.5) is 4.39 Å². The first-order valence-electron chi connectivity index (χ1n) is 12.2. The predicted octanol–water partition coefficient (Wildman–Crippen LogP) is 6.92. The standard InChI is InChI=1S/C29H31Cl2FN2O2S/c1-2-3-16-33-29(36)27(17-21-8-5-4-6-9-21)34(18-22-12-14-23(30)15-13-22)28(35)20-37-19-24-25(31)10-7-11-26(24)32/h4-15,27H,2-3,16-20H2,1H3,(H,33,36). The molecule has 3 aromatic rings. The highest BCUT2D eigenvalue weighted by atomic mass is 35.5. The molecule has 1 unspecified atom stereocenters. The molecule has 0 aliphatic carbocycles. The molecule has 196 valence electrons. The van der Waals surface area contributed by atoms with Crippen molar-refractivity contribution in [2.24, 2.45) is 0 Å². The van der Waals surface area contributed by atoms with Gasteiger partial charge in [-0.1, -0.05) is 85.1 Å². The number of unbranched alkanes of at least 4 members (excludes halogenated alkanes) is 1. The van der Waals surface area contributed by atoms with Gasteiger partial charge in [0.25, 0.3) is 0 Å². The van der Waals surface area contributed by atoms with Crippen LogP contribution in [0.25, 0.3) is 0 Å². The van der Waals surface area contributed by atoms with Gasteiger partial charge in [-0.15, -0.1) is 11.8 Å². The van der Waals surface area contributed by atoms with Crippen molar-refractivity contribution in [3.63, 3.8) is 0 Å². The minimum atomic E-state index is -0.708. The van der Waals surface area contributed by atoms with E-state index in [0.29, 0.717) is 28.6 Å². The maximum absolute atomic E-state index is 14.2. The number of carbonyl (C=O) groups excluding carboxylic acids is 2. The van der Waals surface area contributed by atoms with Crippen molar-refractivity contribution in [2.45, 2.75) is 44.5 Å². The summed E-state index contributed by atoms with van der Waals surface area (Å²) in [6.07, 6.45) is 2.18. The summed E-state index contributed by atoms with van der Waals surface area (Å²) in [4.78, 5) is 28.6. The maximum Gasteiger partial charge on any atom is 0.243 e. The Kier molecular flexibility index (Phi) is 11.8. The van der Waals surface area contributed by atoms with Crippen molar-refractivity contribution in [3.8, 4) is 0 Å². The van der Waals surface area contributed by atoms with Gasteiger partial charge >= 0.3 is 0 Å². The SMILES string of the molecule is CCCCNC(=O)C(Cc1ccccc1)N(Cc1ccc(Cl)cc1)C(=O)CSCc1c(F)cccc1Cl. The van der Waals surface area contributed by atoms with Gasteiger partial charge in [-0.05, 0) is 41.8 Å². The van der Waals surface area contributed by atoms with E-state index in [1.165, 1.54) is 17.8 Å². The van der Waals surface area contributed by atoms with Gasteiger partial charge in [0.15, 0.2) is 0 Å². The summed E-state index contributed by atoms with van der Waals surface area (Å²) < 4.78 is 14.2. The van der Waals surface area contributed by atoms with E-state index in [1.807, 2.05) is 42.5 Å². The molecule has 4 nitrogen and oxygen atoms in total. The average Bonchev–Trinajstić information content (AvgIpc) is 2.89. The van der Waals surface area contributed by atoms with E-state index in [2.05, 4.69) is 12.2 Å². The van der Waals surface area contributed by atoms with Crippen molar-refractivity contribution in [1.29, 1.82) is 0 Å².